The fourth-order valence-corrected chi connectivity index (χ4v) is 2.26. The predicted molar refractivity (Wildman–Crippen MR) is 80.5 cm³/mol. The van der Waals surface area contributed by atoms with Gasteiger partial charge in [-0.1, -0.05) is 13.8 Å². The van der Waals surface area contributed by atoms with Gasteiger partial charge in [-0.15, -0.1) is 0 Å². The van der Waals surface area contributed by atoms with E-state index in [1.54, 1.807) is 18.3 Å². The van der Waals surface area contributed by atoms with E-state index in [4.69, 9.17) is 5.73 Å². The smallest absolute Gasteiger partial charge is 0.253 e. The zero-order chi connectivity index (χ0) is 14.7. The molecule has 0 bridgehead atoms. The maximum Gasteiger partial charge on any atom is 0.253 e. The first kappa shape index (κ1) is 14.4. The van der Waals surface area contributed by atoms with E-state index in [1.807, 2.05) is 19.9 Å². The molecule has 5 nitrogen and oxygen atoms in total. The number of nitrogens with one attached hydrogen (secondary N) is 2. The number of carbonyl (C=O) groups is 1. The number of hydrogen-bond acceptors (Lipinski definition) is 3. The molecule has 2 rings (SSSR count). The minimum Gasteiger partial charge on any atom is -0.399 e. The maximum absolute atomic E-state index is 12.1. The second kappa shape index (κ2) is 5.96. The Bertz CT molecular complexity index is 604. The van der Waals surface area contributed by atoms with Gasteiger partial charge in [0.05, 0.1) is 11.7 Å². The second-order valence-corrected chi connectivity index (χ2v) is 5.50. The zero-order valence-corrected chi connectivity index (χ0v) is 11.8. The summed E-state index contributed by atoms with van der Waals surface area (Å²) in [5, 5.41) is 13.4. The van der Waals surface area contributed by atoms with Gasteiger partial charge >= 0.3 is 0 Å². The molecule has 1 unspecified atom stereocenters. The average molecular weight is 275 g/mol. The molecule has 0 aliphatic carbocycles. The number of benzene rings is 1. The third kappa shape index (κ3) is 3.30. The van der Waals surface area contributed by atoms with Gasteiger partial charge in [0.2, 0.25) is 0 Å². The molecular formula is C15H21N3O2. The van der Waals surface area contributed by atoms with Gasteiger partial charge in [0.15, 0.2) is 0 Å². The minimum atomic E-state index is -0.514. The summed E-state index contributed by atoms with van der Waals surface area (Å²) in [6, 6.07) is 5.38. The summed E-state index contributed by atoms with van der Waals surface area (Å²) in [5.74, 6) is 0.210. The predicted octanol–water partition coefficient (Wildman–Crippen LogP) is 1.89. The van der Waals surface area contributed by atoms with Crippen LogP contribution < -0.4 is 11.1 Å². The standard InChI is InChI=1S/C15H21N3O2/c1-9(2)5-11(19)7-18-15(20)13-8-17-14-6-10(16)3-4-12(13)14/h3-4,6,8-9,11,17,19H,5,7,16H2,1-2H3,(H,18,20). The Hall–Kier alpha value is -2.01. The van der Waals surface area contributed by atoms with Gasteiger partial charge in [-0.3, -0.25) is 4.79 Å². The number of hydrogen-bond donors (Lipinski definition) is 4. The number of aliphatic hydroxyl groups is 1. The largest absolute Gasteiger partial charge is 0.399 e. The molecule has 5 heteroatoms. The van der Waals surface area contributed by atoms with E-state index in [0.29, 0.717) is 23.6 Å². The highest BCUT2D eigenvalue weighted by atomic mass is 16.3. The highest BCUT2D eigenvalue weighted by Gasteiger charge is 2.14. The van der Waals surface area contributed by atoms with Crippen molar-refractivity contribution in [1.29, 1.82) is 0 Å². The number of anilines is 1. The molecule has 2 aromatic rings. The lowest BCUT2D eigenvalue weighted by molar-refractivity contribution is 0.0902. The Morgan fingerprint density at radius 1 is 1.45 bits per heavy atom. The lowest BCUT2D eigenvalue weighted by atomic mass is 10.1. The molecule has 0 saturated heterocycles. The number of aromatic amines is 1. The van der Waals surface area contributed by atoms with E-state index in [2.05, 4.69) is 10.3 Å². The van der Waals surface area contributed by atoms with Crippen LogP contribution in [0.3, 0.4) is 0 Å². The van der Waals surface area contributed by atoms with E-state index in [-0.39, 0.29) is 12.5 Å². The molecular weight excluding hydrogens is 254 g/mol. The molecule has 1 aromatic carbocycles. The summed E-state index contributed by atoms with van der Waals surface area (Å²) in [6.45, 7) is 4.34. The van der Waals surface area contributed by atoms with Crippen LogP contribution in [0.25, 0.3) is 10.9 Å². The molecule has 0 aliphatic rings. The first-order valence-electron chi connectivity index (χ1n) is 6.80. The van der Waals surface area contributed by atoms with Gasteiger partial charge in [0, 0.05) is 29.3 Å². The monoisotopic (exact) mass is 275 g/mol. The number of amides is 1. The molecule has 1 atom stereocenters. The van der Waals surface area contributed by atoms with Crippen LogP contribution in [0.15, 0.2) is 24.4 Å². The lowest BCUT2D eigenvalue weighted by Crippen LogP contribution is -2.32. The van der Waals surface area contributed by atoms with Crippen molar-refractivity contribution in [3.05, 3.63) is 30.0 Å². The molecule has 1 amide bonds. The van der Waals surface area contributed by atoms with E-state index in [0.717, 1.165) is 10.9 Å². The third-order valence-electron chi connectivity index (χ3n) is 3.19. The van der Waals surface area contributed by atoms with E-state index >= 15 is 0 Å². The molecule has 1 heterocycles. The third-order valence-corrected chi connectivity index (χ3v) is 3.19. The number of rotatable bonds is 5. The Morgan fingerprint density at radius 2 is 2.20 bits per heavy atom. The summed E-state index contributed by atoms with van der Waals surface area (Å²) in [5.41, 5.74) is 7.75. The summed E-state index contributed by atoms with van der Waals surface area (Å²) >= 11 is 0. The number of nitrogen functional groups attached to an aromatic ring is 1. The van der Waals surface area contributed by atoms with Gasteiger partial charge in [-0.2, -0.15) is 0 Å². The number of carbonyl (C=O) groups excluding carboxylic acids is 1. The fraction of sp³-hybridized carbons (Fsp3) is 0.400. The summed E-state index contributed by atoms with van der Waals surface area (Å²) in [6.07, 6.45) is 1.82. The van der Waals surface area contributed by atoms with Crippen LogP contribution in [0.2, 0.25) is 0 Å². The van der Waals surface area contributed by atoms with Crippen molar-refractivity contribution < 1.29 is 9.90 Å². The number of nitrogens with two attached hydrogens (primary N) is 1. The van der Waals surface area contributed by atoms with Crippen LogP contribution in [0, 0.1) is 5.92 Å². The molecule has 5 N–H and O–H groups in total. The van der Waals surface area contributed by atoms with Crippen molar-refractivity contribution >= 4 is 22.5 Å². The van der Waals surface area contributed by atoms with E-state index in [9.17, 15) is 9.90 Å². The lowest BCUT2D eigenvalue weighted by Gasteiger charge is -2.13. The molecule has 0 aliphatic heterocycles. The van der Waals surface area contributed by atoms with Crippen molar-refractivity contribution in [3.63, 3.8) is 0 Å². The highest BCUT2D eigenvalue weighted by molar-refractivity contribution is 6.07. The maximum atomic E-state index is 12.1. The van der Waals surface area contributed by atoms with Crippen LogP contribution >= 0.6 is 0 Å². The topological polar surface area (TPSA) is 91.1 Å². The van der Waals surface area contributed by atoms with Gasteiger partial charge < -0.3 is 21.1 Å². The fourth-order valence-electron chi connectivity index (χ4n) is 2.26. The van der Waals surface area contributed by atoms with Crippen molar-refractivity contribution in [2.45, 2.75) is 26.4 Å². The first-order chi connectivity index (χ1) is 9.47. The Balaban J connectivity index is 2.04. The SMILES string of the molecule is CC(C)CC(O)CNC(=O)c1c[nH]c2cc(N)ccc12. The van der Waals surface area contributed by atoms with Gasteiger partial charge in [-0.05, 0) is 30.5 Å². The Kier molecular flexibility index (Phi) is 4.29. The second-order valence-electron chi connectivity index (χ2n) is 5.50. The molecule has 0 saturated carbocycles. The average Bonchev–Trinajstić information content (AvgIpc) is 2.78. The van der Waals surface area contributed by atoms with Crippen molar-refractivity contribution in [2.24, 2.45) is 5.92 Å². The van der Waals surface area contributed by atoms with E-state index < -0.39 is 6.10 Å². The van der Waals surface area contributed by atoms with Gasteiger partial charge in [-0.25, -0.2) is 0 Å². The molecule has 20 heavy (non-hydrogen) atoms. The van der Waals surface area contributed by atoms with Crippen LogP contribution in [-0.4, -0.2) is 28.6 Å². The van der Waals surface area contributed by atoms with Gasteiger partial charge in [0.1, 0.15) is 0 Å². The molecule has 1 aromatic heterocycles. The molecule has 0 radical (unpaired) electrons. The summed E-state index contributed by atoms with van der Waals surface area (Å²) in [7, 11) is 0. The minimum absolute atomic E-state index is 0.191. The quantitative estimate of drug-likeness (QED) is 0.628. The number of aromatic nitrogens is 1. The Labute approximate surface area is 118 Å². The number of aliphatic hydroxyl groups excluding tert-OH is 1. The normalized spacial score (nSPS) is 12.8. The first-order valence-corrected chi connectivity index (χ1v) is 6.80. The molecule has 108 valence electrons. The van der Waals surface area contributed by atoms with Crippen molar-refractivity contribution in [3.8, 4) is 0 Å². The van der Waals surface area contributed by atoms with E-state index in [1.165, 1.54) is 0 Å². The summed E-state index contributed by atoms with van der Waals surface area (Å²) < 4.78 is 0. The number of H-pyrrole nitrogens is 1. The Morgan fingerprint density at radius 3 is 2.90 bits per heavy atom. The van der Waals surface area contributed by atoms with Gasteiger partial charge in [0.25, 0.3) is 5.91 Å². The van der Waals surface area contributed by atoms with Crippen LogP contribution in [-0.2, 0) is 0 Å². The van der Waals surface area contributed by atoms with Crippen molar-refractivity contribution in [1.82, 2.24) is 10.3 Å². The van der Waals surface area contributed by atoms with Crippen LogP contribution in [0.1, 0.15) is 30.6 Å². The summed E-state index contributed by atoms with van der Waals surface area (Å²) in [4.78, 5) is 15.1. The van der Waals surface area contributed by atoms with Crippen molar-refractivity contribution in [2.75, 3.05) is 12.3 Å². The molecule has 0 fully saturated rings. The number of fused-ring (bicyclic) bond motifs is 1. The van der Waals surface area contributed by atoms with Crippen LogP contribution in [0.4, 0.5) is 5.69 Å². The molecule has 0 spiro atoms. The zero-order valence-electron chi connectivity index (χ0n) is 11.8. The van der Waals surface area contributed by atoms with Crippen LogP contribution in [0.5, 0.6) is 0 Å². The highest BCUT2D eigenvalue weighted by Crippen LogP contribution is 2.20.